The second-order valence-corrected chi connectivity index (χ2v) is 5.52. The van der Waals surface area contributed by atoms with Crippen molar-refractivity contribution in [1.82, 2.24) is 20.2 Å². The van der Waals surface area contributed by atoms with E-state index < -0.39 is 0 Å². The van der Waals surface area contributed by atoms with Gasteiger partial charge in [0.1, 0.15) is 5.75 Å². The van der Waals surface area contributed by atoms with Gasteiger partial charge in [0, 0.05) is 31.7 Å². The van der Waals surface area contributed by atoms with Gasteiger partial charge < -0.3 is 15.0 Å². The Kier molecular flexibility index (Phi) is 5.36. The lowest BCUT2D eigenvalue weighted by atomic mass is 10.2. The average molecular weight is 336 g/mol. The van der Waals surface area contributed by atoms with Crippen LogP contribution >= 0.6 is 0 Å². The molecule has 0 fully saturated rings. The molecular weight excluding hydrogens is 316 g/mol. The standard InChI is InChI=1S/C18H20N6O/c1-24(12-9-14-7-10-19-11-8-14)18-22-17(13-20-23-18)21-15-3-5-16(25-2)6-4-15/h3-8,10-11,13H,9,12H2,1-2H3,(H,21,22,23). The van der Waals surface area contributed by atoms with Gasteiger partial charge >= 0.3 is 0 Å². The molecule has 0 spiro atoms. The molecule has 0 aliphatic rings. The molecule has 7 heteroatoms. The van der Waals surface area contributed by atoms with E-state index in [0.29, 0.717) is 11.8 Å². The number of likely N-dealkylation sites (N-methyl/N-ethyl adjacent to an activating group) is 1. The molecule has 0 radical (unpaired) electrons. The molecule has 0 bridgehead atoms. The molecule has 2 aromatic heterocycles. The van der Waals surface area contributed by atoms with Crippen molar-refractivity contribution in [2.24, 2.45) is 0 Å². The number of benzene rings is 1. The number of ether oxygens (including phenoxy) is 1. The highest BCUT2D eigenvalue weighted by Gasteiger charge is 2.07. The van der Waals surface area contributed by atoms with Gasteiger partial charge in [-0.2, -0.15) is 10.1 Å². The van der Waals surface area contributed by atoms with Gasteiger partial charge in [0.15, 0.2) is 5.82 Å². The molecule has 1 N–H and O–H groups in total. The highest BCUT2D eigenvalue weighted by Crippen LogP contribution is 2.19. The van der Waals surface area contributed by atoms with E-state index in [1.807, 2.05) is 48.3 Å². The number of methoxy groups -OCH3 is 1. The maximum Gasteiger partial charge on any atom is 0.247 e. The van der Waals surface area contributed by atoms with E-state index in [1.54, 1.807) is 25.7 Å². The van der Waals surface area contributed by atoms with Crippen LogP contribution in [0.15, 0.2) is 55.0 Å². The third-order valence-electron chi connectivity index (χ3n) is 3.74. The zero-order chi connectivity index (χ0) is 17.5. The predicted molar refractivity (Wildman–Crippen MR) is 97.3 cm³/mol. The van der Waals surface area contributed by atoms with Gasteiger partial charge in [0.05, 0.1) is 13.3 Å². The van der Waals surface area contributed by atoms with Gasteiger partial charge in [0.25, 0.3) is 0 Å². The number of pyridine rings is 1. The predicted octanol–water partition coefficient (Wildman–Crippen LogP) is 2.70. The number of nitrogens with one attached hydrogen (secondary N) is 1. The van der Waals surface area contributed by atoms with Gasteiger partial charge in [0.2, 0.25) is 5.95 Å². The molecule has 0 saturated heterocycles. The van der Waals surface area contributed by atoms with Gasteiger partial charge in [-0.05, 0) is 48.4 Å². The normalized spacial score (nSPS) is 10.3. The third-order valence-corrected chi connectivity index (χ3v) is 3.74. The summed E-state index contributed by atoms with van der Waals surface area (Å²) in [5, 5.41) is 11.4. The molecule has 0 atom stereocenters. The summed E-state index contributed by atoms with van der Waals surface area (Å²) in [6.45, 7) is 0.789. The first-order chi connectivity index (χ1) is 12.2. The van der Waals surface area contributed by atoms with Crippen LogP contribution < -0.4 is 15.0 Å². The summed E-state index contributed by atoms with van der Waals surface area (Å²) in [6.07, 6.45) is 6.09. The molecule has 2 heterocycles. The minimum Gasteiger partial charge on any atom is -0.497 e. The lowest BCUT2D eigenvalue weighted by Gasteiger charge is -2.17. The Morgan fingerprint density at radius 2 is 1.84 bits per heavy atom. The second-order valence-electron chi connectivity index (χ2n) is 5.52. The smallest absolute Gasteiger partial charge is 0.247 e. The van der Waals surface area contributed by atoms with Crippen molar-refractivity contribution in [3.05, 3.63) is 60.6 Å². The van der Waals surface area contributed by atoms with Gasteiger partial charge in [-0.25, -0.2) is 0 Å². The molecule has 128 valence electrons. The van der Waals surface area contributed by atoms with Crippen molar-refractivity contribution in [2.75, 3.05) is 30.9 Å². The Morgan fingerprint density at radius 1 is 1.08 bits per heavy atom. The van der Waals surface area contributed by atoms with Crippen molar-refractivity contribution in [3.8, 4) is 5.75 Å². The number of aromatic nitrogens is 4. The average Bonchev–Trinajstić information content (AvgIpc) is 2.68. The van der Waals surface area contributed by atoms with Crippen LogP contribution in [-0.2, 0) is 6.42 Å². The van der Waals surface area contributed by atoms with Crippen LogP contribution in [0.3, 0.4) is 0 Å². The summed E-state index contributed by atoms with van der Waals surface area (Å²) >= 11 is 0. The van der Waals surface area contributed by atoms with E-state index >= 15 is 0 Å². The van der Waals surface area contributed by atoms with Crippen molar-refractivity contribution in [3.63, 3.8) is 0 Å². The molecule has 3 aromatic rings. The maximum absolute atomic E-state index is 5.16. The van der Waals surface area contributed by atoms with Gasteiger partial charge in [-0.15, -0.1) is 5.10 Å². The zero-order valence-corrected chi connectivity index (χ0v) is 14.3. The van der Waals surface area contributed by atoms with E-state index in [-0.39, 0.29) is 0 Å². The molecule has 7 nitrogen and oxygen atoms in total. The molecule has 3 rings (SSSR count). The first kappa shape index (κ1) is 16.6. The Morgan fingerprint density at radius 3 is 2.56 bits per heavy atom. The molecule has 0 aliphatic heterocycles. The topological polar surface area (TPSA) is 76.1 Å². The Hall–Kier alpha value is -3.22. The first-order valence-corrected chi connectivity index (χ1v) is 7.95. The summed E-state index contributed by atoms with van der Waals surface area (Å²) < 4.78 is 5.16. The van der Waals surface area contributed by atoms with E-state index in [9.17, 15) is 0 Å². The molecule has 1 aromatic carbocycles. The van der Waals surface area contributed by atoms with Crippen LogP contribution in [0.2, 0.25) is 0 Å². The Balaban J connectivity index is 1.63. The van der Waals surface area contributed by atoms with Crippen LogP contribution in [0.5, 0.6) is 5.75 Å². The van der Waals surface area contributed by atoms with E-state index in [4.69, 9.17) is 4.74 Å². The first-order valence-electron chi connectivity index (χ1n) is 7.95. The third kappa shape index (κ3) is 4.63. The minimum atomic E-state index is 0.576. The second kappa shape index (κ2) is 8.05. The summed E-state index contributed by atoms with van der Waals surface area (Å²) in [5.41, 5.74) is 2.13. The molecule has 25 heavy (non-hydrogen) atoms. The maximum atomic E-state index is 5.16. The highest BCUT2D eigenvalue weighted by atomic mass is 16.5. The SMILES string of the molecule is COc1ccc(Nc2cnnc(N(C)CCc3ccncc3)n2)cc1. The van der Waals surface area contributed by atoms with Crippen molar-refractivity contribution in [2.45, 2.75) is 6.42 Å². The number of hydrogen-bond donors (Lipinski definition) is 1. The minimum absolute atomic E-state index is 0.576. The van der Waals surface area contributed by atoms with Crippen LogP contribution in [-0.4, -0.2) is 40.9 Å². The number of hydrogen-bond acceptors (Lipinski definition) is 7. The molecule has 0 saturated carbocycles. The summed E-state index contributed by atoms with van der Waals surface area (Å²) in [5.74, 6) is 2.03. The summed E-state index contributed by atoms with van der Waals surface area (Å²) in [7, 11) is 3.60. The monoisotopic (exact) mass is 336 g/mol. The van der Waals surface area contributed by atoms with Crippen LogP contribution in [0, 0.1) is 0 Å². The molecule has 0 aliphatic carbocycles. The van der Waals surface area contributed by atoms with Gasteiger partial charge in [-0.3, -0.25) is 4.98 Å². The fraction of sp³-hybridized carbons (Fsp3) is 0.222. The van der Waals surface area contributed by atoms with E-state index in [0.717, 1.165) is 24.4 Å². The Bertz CT molecular complexity index is 794. The number of nitrogens with zero attached hydrogens (tertiary/aromatic N) is 5. The quantitative estimate of drug-likeness (QED) is 0.711. The molecular formula is C18H20N6O. The van der Waals surface area contributed by atoms with E-state index in [2.05, 4.69) is 25.5 Å². The number of anilines is 3. The van der Waals surface area contributed by atoms with Crippen molar-refractivity contribution >= 4 is 17.5 Å². The van der Waals surface area contributed by atoms with Crippen LogP contribution in [0.1, 0.15) is 5.56 Å². The zero-order valence-electron chi connectivity index (χ0n) is 14.3. The molecule has 0 amide bonds. The van der Waals surface area contributed by atoms with Crippen LogP contribution in [0.4, 0.5) is 17.5 Å². The number of rotatable bonds is 7. The van der Waals surface area contributed by atoms with Crippen molar-refractivity contribution in [1.29, 1.82) is 0 Å². The fourth-order valence-corrected chi connectivity index (χ4v) is 2.28. The lowest BCUT2D eigenvalue weighted by molar-refractivity contribution is 0.415. The Labute approximate surface area is 146 Å². The molecule has 0 unspecified atom stereocenters. The van der Waals surface area contributed by atoms with Crippen LogP contribution in [0.25, 0.3) is 0 Å². The largest absolute Gasteiger partial charge is 0.497 e. The van der Waals surface area contributed by atoms with E-state index in [1.165, 1.54) is 5.56 Å². The van der Waals surface area contributed by atoms with Crippen molar-refractivity contribution < 1.29 is 4.74 Å². The fourth-order valence-electron chi connectivity index (χ4n) is 2.28. The summed E-state index contributed by atoms with van der Waals surface area (Å²) in [4.78, 5) is 10.5. The van der Waals surface area contributed by atoms with Gasteiger partial charge in [-0.1, -0.05) is 0 Å². The summed E-state index contributed by atoms with van der Waals surface area (Å²) in [6, 6.07) is 11.6. The lowest BCUT2D eigenvalue weighted by Crippen LogP contribution is -2.23. The highest BCUT2D eigenvalue weighted by molar-refractivity contribution is 5.57.